The zero-order valence-corrected chi connectivity index (χ0v) is 14.1. The second-order valence-electron chi connectivity index (χ2n) is 5.75. The van der Waals surface area contributed by atoms with Crippen LogP contribution < -0.4 is 10.6 Å². The minimum Gasteiger partial charge on any atom is -0.355 e. The van der Waals surface area contributed by atoms with Crippen LogP contribution in [0.25, 0.3) is 0 Å². The molecular weight excluding hydrogens is 300 g/mol. The molecule has 1 aliphatic carbocycles. The largest absolute Gasteiger partial charge is 0.355 e. The van der Waals surface area contributed by atoms with Crippen LogP contribution in [0.2, 0.25) is 0 Å². The van der Waals surface area contributed by atoms with Crippen molar-refractivity contribution >= 4 is 24.1 Å². The zero-order chi connectivity index (χ0) is 15.2. The van der Waals surface area contributed by atoms with Gasteiger partial charge in [-0.15, -0.1) is 12.4 Å². The standard InChI is InChI=1S/C17H24N2O2.ClH/c1-12(18-2)11-19-17(21)9-8-16(20)15-7-6-13-4-3-5-14(13)10-15;/h6-7,10,12,18H,3-5,8-9,11H2,1-2H3,(H,19,21);1H. The molecule has 0 fully saturated rings. The van der Waals surface area contributed by atoms with Crippen molar-refractivity contribution in [2.75, 3.05) is 13.6 Å². The molecule has 0 heterocycles. The zero-order valence-electron chi connectivity index (χ0n) is 13.3. The molecule has 1 aromatic carbocycles. The molecule has 0 aliphatic heterocycles. The van der Waals surface area contributed by atoms with E-state index in [-0.39, 0.29) is 43.0 Å². The number of likely N-dealkylation sites (N-methyl/N-ethyl adjacent to an activating group) is 1. The molecule has 1 aromatic rings. The predicted molar refractivity (Wildman–Crippen MR) is 90.8 cm³/mol. The summed E-state index contributed by atoms with van der Waals surface area (Å²) in [5.74, 6) is -0.00637. The van der Waals surface area contributed by atoms with Crippen molar-refractivity contribution in [2.24, 2.45) is 0 Å². The van der Waals surface area contributed by atoms with Crippen LogP contribution in [0.3, 0.4) is 0 Å². The van der Waals surface area contributed by atoms with Gasteiger partial charge in [-0.3, -0.25) is 9.59 Å². The van der Waals surface area contributed by atoms with Gasteiger partial charge >= 0.3 is 0 Å². The van der Waals surface area contributed by atoms with Crippen molar-refractivity contribution < 1.29 is 9.59 Å². The summed E-state index contributed by atoms with van der Waals surface area (Å²) in [4.78, 5) is 23.8. The molecule has 1 amide bonds. The summed E-state index contributed by atoms with van der Waals surface area (Å²) < 4.78 is 0. The van der Waals surface area contributed by atoms with Crippen LogP contribution in [0, 0.1) is 0 Å². The molecule has 0 bridgehead atoms. The fourth-order valence-corrected chi connectivity index (χ4v) is 2.57. The summed E-state index contributed by atoms with van der Waals surface area (Å²) in [5.41, 5.74) is 3.41. The summed E-state index contributed by atoms with van der Waals surface area (Å²) in [5, 5.41) is 5.88. The van der Waals surface area contributed by atoms with E-state index in [0.29, 0.717) is 6.54 Å². The van der Waals surface area contributed by atoms with E-state index in [1.807, 2.05) is 26.1 Å². The first-order valence-electron chi connectivity index (χ1n) is 7.69. The van der Waals surface area contributed by atoms with Crippen LogP contribution in [-0.4, -0.2) is 31.3 Å². The van der Waals surface area contributed by atoms with Crippen molar-refractivity contribution in [1.29, 1.82) is 0 Å². The smallest absolute Gasteiger partial charge is 0.220 e. The second-order valence-corrected chi connectivity index (χ2v) is 5.75. The third-order valence-corrected chi connectivity index (χ3v) is 4.10. The van der Waals surface area contributed by atoms with E-state index >= 15 is 0 Å². The monoisotopic (exact) mass is 324 g/mol. The lowest BCUT2D eigenvalue weighted by molar-refractivity contribution is -0.121. The van der Waals surface area contributed by atoms with Gasteiger partial charge in [-0.25, -0.2) is 0 Å². The maximum Gasteiger partial charge on any atom is 0.220 e. The average Bonchev–Trinajstić information content (AvgIpc) is 2.97. The number of Topliss-reactive ketones (excluding diaryl/α,β-unsaturated/α-hetero) is 1. The normalized spacial score (nSPS) is 13.9. The molecule has 1 unspecified atom stereocenters. The molecule has 1 aliphatic rings. The summed E-state index contributed by atoms with van der Waals surface area (Å²) in [6.45, 7) is 2.58. The van der Waals surface area contributed by atoms with Crippen LogP contribution in [0.4, 0.5) is 0 Å². The van der Waals surface area contributed by atoms with Crippen LogP contribution in [0.5, 0.6) is 0 Å². The Morgan fingerprint density at radius 2 is 1.91 bits per heavy atom. The van der Waals surface area contributed by atoms with Crippen molar-refractivity contribution in [3.63, 3.8) is 0 Å². The molecule has 2 rings (SSSR count). The molecule has 0 radical (unpaired) electrons. The summed E-state index contributed by atoms with van der Waals surface area (Å²) >= 11 is 0. The number of rotatable bonds is 7. The maximum absolute atomic E-state index is 12.2. The van der Waals surface area contributed by atoms with Gasteiger partial charge in [-0.2, -0.15) is 0 Å². The summed E-state index contributed by atoms with van der Waals surface area (Å²) in [7, 11) is 1.86. The van der Waals surface area contributed by atoms with Gasteiger partial charge in [0, 0.05) is 31.0 Å². The fraction of sp³-hybridized carbons (Fsp3) is 0.529. The highest BCUT2D eigenvalue weighted by Gasteiger charge is 2.15. The summed E-state index contributed by atoms with van der Waals surface area (Å²) in [6, 6.07) is 6.20. The molecular formula is C17H25ClN2O2. The Labute approximate surface area is 138 Å². The van der Waals surface area contributed by atoms with E-state index in [1.54, 1.807) is 0 Å². The Kier molecular flexibility index (Phi) is 7.56. The first-order valence-corrected chi connectivity index (χ1v) is 7.69. The number of carbonyl (C=O) groups is 2. The fourth-order valence-electron chi connectivity index (χ4n) is 2.57. The highest BCUT2D eigenvalue weighted by atomic mass is 35.5. The number of amides is 1. The first kappa shape index (κ1) is 18.7. The average molecular weight is 325 g/mol. The molecule has 4 nitrogen and oxygen atoms in total. The third-order valence-electron chi connectivity index (χ3n) is 4.10. The van der Waals surface area contributed by atoms with Crippen molar-refractivity contribution in [3.8, 4) is 0 Å². The SMILES string of the molecule is CNC(C)CNC(=O)CCC(=O)c1ccc2c(c1)CCC2.Cl. The van der Waals surface area contributed by atoms with E-state index in [1.165, 1.54) is 17.5 Å². The number of fused-ring (bicyclic) bond motifs is 1. The Morgan fingerprint density at radius 1 is 1.18 bits per heavy atom. The number of halogens is 1. The van der Waals surface area contributed by atoms with Crippen molar-refractivity contribution in [2.45, 2.75) is 45.1 Å². The van der Waals surface area contributed by atoms with E-state index < -0.39 is 0 Å². The minimum atomic E-state index is -0.0633. The molecule has 2 N–H and O–H groups in total. The molecule has 122 valence electrons. The minimum absolute atomic E-state index is 0. The van der Waals surface area contributed by atoms with Gasteiger partial charge < -0.3 is 10.6 Å². The molecule has 0 saturated heterocycles. The second kappa shape index (κ2) is 8.91. The topological polar surface area (TPSA) is 58.2 Å². The van der Waals surface area contributed by atoms with E-state index in [4.69, 9.17) is 0 Å². The van der Waals surface area contributed by atoms with Gasteiger partial charge in [0.25, 0.3) is 0 Å². The molecule has 1 atom stereocenters. The van der Waals surface area contributed by atoms with Crippen LogP contribution in [-0.2, 0) is 17.6 Å². The number of ketones is 1. The highest BCUT2D eigenvalue weighted by molar-refractivity contribution is 5.98. The Morgan fingerprint density at radius 3 is 2.64 bits per heavy atom. The summed E-state index contributed by atoms with van der Waals surface area (Å²) in [6.07, 6.45) is 3.90. The first-order chi connectivity index (χ1) is 10.1. The number of carbonyl (C=O) groups excluding carboxylic acids is 2. The lowest BCUT2D eigenvalue weighted by Crippen LogP contribution is -2.37. The highest BCUT2D eigenvalue weighted by Crippen LogP contribution is 2.23. The number of aryl methyl sites for hydroxylation is 2. The van der Waals surface area contributed by atoms with Gasteiger partial charge in [0.05, 0.1) is 0 Å². The van der Waals surface area contributed by atoms with Gasteiger partial charge in [-0.05, 0) is 50.4 Å². The molecule has 0 aromatic heterocycles. The van der Waals surface area contributed by atoms with Gasteiger partial charge in [0.2, 0.25) is 5.91 Å². The van der Waals surface area contributed by atoms with Crippen LogP contribution >= 0.6 is 12.4 Å². The Balaban J connectivity index is 0.00000242. The van der Waals surface area contributed by atoms with Gasteiger partial charge in [-0.1, -0.05) is 12.1 Å². The van der Waals surface area contributed by atoms with E-state index in [9.17, 15) is 9.59 Å². The molecule has 5 heteroatoms. The Hall–Kier alpha value is -1.39. The van der Waals surface area contributed by atoms with Crippen LogP contribution in [0.1, 0.15) is 47.7 Å². The van der Waals surface area contributed by atoms with E-state index in [2.05, 4.69) is 16.7 Å². The maximum atomic E-state index is 12.2. The lowest BCUT2D eigenvalue weighted by Gasteiger charge is -2.11. The number of nitrogens with one attached hydrogen (secondary N) is 2. The Bertz CT molecular complexity index is 531. The van der Waals surface area contributed by atoms with Crippen molar-refractivity contribution in [1.82, 2.24) is 10.6 Å². The predicted octanol–water partition coefficient (Wildman–Crippen LogP) is 2.28. The van der Waals surface area contributed by atoms with Crippen molar-refractivity contribution in [3.05, 3.63) is 34.9 Å². The van der Waals surface area contributed by atoms with Gasteiger partial charge in [0.15, 0.2) is 5.78 Å². The third kappa shape index (κ3) is 5.11. The number of hydrogen-bond donors (Lipinski definition) is 2. The number of hydrogen-bond acceptors (Lipinski definition) is 3. The van der Waals surface area contributed by atoms with E-state index in [0.717, 1.165) is 18.4 Å². The molecule has 0 saturated carbocycles. The quantitative estimate of drug-likeness (QED) is 0.757. The lowest BCUT2D eigenvalue weighted by atomic mass is 10.0. The number of benzene rings is 1. The molecule has 0 spiro atoms. The van der Waals surface area contributed by atoms with Gasteiger partial charge in [0.1, 0.15) is 0 Å². The van der Waals surface area contributed by atoms with Crippen LogP contribution in [0.15, 0.2) is 18.2 Å². The molecule has 22 heavy (non-hydrogen) atoms.